The molecule has 2 aromatic carbocycles. The smallest absolute Gasteiger partial charge is 0.276 e. The van der Waals surface area contributed by atoms with Gasteiger partial charge in [-0.15, -0.1) is 0 Å². The third-order valence-corrected chi connectivity index (χ3v) is 5.66. The van der Waals surface area contributed by atoms with Crippen molar-refractivity contribution in [2.75, 3.05) is 13.1 Å². The standard InChI is InChI=1S/C24H23N5O3/c30-24(28-12-4-7-19(14-28)18-5-2-1-3-6-18)23-13-22(32-27-23)15-31-21-10-8-20(9-11-21)29-17-25-16-26-29/h1-3,5-6,8-11,13,16-17,19H,4,7,12,14-15H2. The van der Waals surface area contributed by atoms with E-state index >= 15 is 0 Å². The SMILES string of the molecule is O=C(c1cc(COc2ccc(-n3cncn3)cc2)on1)N1CCCC(c2ccccc2)C1. The van der Waals surface area contributed by atoms with Crippen molar-refractivity contribution in [1.82, 2.24) is 24.8 Å². The molecule has 0 N–H and O–H groups in total. The van der Waals surface area contributed by atoms with Crippen LogP contribution in [0.25, 0.3) is 5.69 Å². The molecule has 1 atom stereocenters. The molecular formula is C24H23N5O3. The largest absolute Gasteiger partial charge is 0.486 e. The van der Waals surface area contributed by atoms with Crippen molar-refractivity contribution >= 4 is 5.91 Å². The van der Waals surface area contributed by atoms with E-state index in [4.69, 9.17) is 9.26 Å². The van der Waals surface area contributed by atoms with Crippen LogP contribution >= 0.6 is 0 Å². The molecule has 1 amide bonds. The summed E-state index contributed by atoms with van der Waals surface area (Å²) < 4.78 is 12.8. The van der Waals surface area contributed by atoms with Gasteiger partial charge in [0.25, 0.3) is 5.91 Å². The van der Waals surface area contributed by atoms with Crippen LogP contribution in [0.1, 0.15) is 40.6 Å². The normalized spacial score (nSPS) is 16.1. The Morgan fingerprint density at radius 1 is 1.12 bits per heavy atom. The van der Waals surface area contributed by atoms with Gasteiger partial charge in [0, 0.05) is 25.1 Å². The lowest BCUT2D eigenvalue weighted by atomic mass is 9.90. The molecule has 3 heterocycles. The summed E-state index contributed by atoms with van der Waals surface area (Å²) >= 11 is 0. The summed E-state index contributed by atoms with van der Waals surface area (Å²) in [6.07, 6.45) is 5.18. The summed E-state index contributed by atoms with van der Waals surface area (Å²) in [7, 11) is 0. The number of hydrogen-bond donors (Lipinski definition) is 0. The number of carbonyl (C=O) groups is 1. The first-order valence-electron chi connectivity index (χ1n) is 10.6. The number of amides is 1. The molecule has 8 nitrogen and oxygen atoms in total. The zero-order valence-corrected chi connectivity index (χ0v) is 17.5. The van der Waals surface area contributed by atoms with E-state index in [0.717, 1.165) is 25.1 Å². The zero-order valence-electron chi connectivity index (χ0n) is 17.5. The first-order valence-corrected chi connectivity index (χ1v) is 10.6. The number of piperidine rings is 1. The number of ether oxygens (including phenoxy) is 1. The lowest BCUT2D eigenvalue weighted by Gasteiger charge is -2.32. The molecular weight excluding hydrogens is 406 g/mol. The van der Waals surface area contributed by atoms with E-state index in [9.17, 15) is 4.79 Å². The number of aromatic nitrogens is 4. The topological polar surface area (TPSA) is 86.3 Å². The third kappa shape index (κ3) is 4.39. The monoisotopic (exact) mass is 429 g/mol. The van der Waals surface area contributed by atoms with Gasteiger partial charge in [-0.05, 0) is 42.7 Å². The second-order valence-corrected chi connectivity index (χ2v) is 7.80. The minimum atomic E-state index is -0.0992. The molecule has 0 bridgehead atoms. The van der Waals surface area contributed by atoms with Gasteiger partial charge in [0.1, 0.15) is 25.0 Å². The third-order valence-electron chi connectivity index (χ3n) is 5.66. The number of carbonyl (C=O) groups excluding carboxylic acids is 1. The van der Waals surface area contributed by atoms with Crippen molar-refractivity contribution in [3.05, 3.63) is 90.3 Å². The highest BCUT2D eigenvalue weighted by molar-refractivity contribution is 5.92. The van der Waals surface area contributed by atoms with Crippen molar-refractivity contribution in [3.8, 4) is 11.4 Å². The molecule has 1 aliphatic heterocycles. The van der Waals surface area contributed by atoms with E-state index < -0.39 is 0 Å². The van der Waals surface area contributed by atoms with Gasteiger partial charge in [-0.25, -0.2) is 9.67 Å². The first kappa shape index (κ1) is 20.0. The van der Waals surface area contributed by atoms with E-state index in [1.807, 2.05) is 47.4 Å². The molecule has 0 saturated carbocycles. The second-order valence-electron chi connectivity index (χ2n) is 7.80. The Morgan fingerprint density at radius 2 is 1.97 bits per heavy atom. The van der Waals surface area contributed by atoms with Crippen LogP contribution in [0.3, 0.4) is 0 Å². The van der Waals surface area contributed by atoms with Gasteiger partial charge in [-0.3, -0.25) is 4.79 Å². The van der Waals surface area contributed by atoms with E-state index in [2.05, 4.69) is 27.4 Å². The van der Waals surface area contributed by atoms with Crippen molar-refractivity contribution in [2.45, 2.75) is 25.4 Å². The Labute approximate surface area is 185 Å². The van der Waals surface area contributed by atoms with Gasteiger partial charge >= 0.3 is 0 Å². The van der Waals surface area contributed by atoms with Crippen molar-refractivity contribution in [1.29, 1.82) is 0 Å². The number of hydrogen-bond acceptors (Lipinski definition) is 6. The van der Waals surface area contributed by atoms with Gasteiger partial charge in [0.2, 0.25) is 0 Å². The maximum absolute atomic E-state index is 13.0. The highest BCUT2D eigenvalue weighted by Gasteiger charge is 2.27. The number of benzene rings is 2. The van der Waals surface area contributed by atoms with Gasteiger partial charge in [-0.2, -0.15) is 5.10 Å². The van der Waals surface area contributed by atoms with Crippen LogP contribution in [0, 0.1) is 0 Å². The summed E-state index contributed by atoms with van der Waals surface area (Å²) in [4.78, 5) is 18.8. The van der Waals surface area contributed by atoms with E-state index in [0.29, 0.717) is 29.7 Å². The van der Waals surface area contributed by atoms with Crippen LogP contribution in [0.15, 0.2) is 77.8 Å². The minimum Gasteiger partial charge on any atom is -0.486 e. The molecule has 162 valence electrons. The number of rotatable bonds is 6. The van der Waals surface area contributed by atoms with E-state index in [1.165, 1.54) is 11.9 Å². The fourth-order valence-corrected chi connectivity index (χ4v) is 3.99. The summed E-state index contributed by atoms with van der Waals surface area (Å²) in [6.45, 7) is 1.62. The van der Waals surface area contributed by atoms with E-state index in [-0.39, 0.29) is 12.5 Å². The van der Waals surface area contributed by atoms with Crippen LogP contribution < -0.4 is 4.74 Å². The van der Waals surface area contributed by atoms with Crippen molar-refractivity contribution < 1.29 is 14.1 Å². The molecule has 4 aromatic rings. The van der Waals surface area contributed by atoms with Crippen LogP contribution in [-0.2, 0) is 6.61 Å². The number of likely N-dealkylation sites (tertiary alicyclic amines) is 1. The lowest BCUT2D eigenvalue weighted by molar-refractivity contribution is 0.0696. The second kappa shape index (κ2) is 9.05. The van der Waals surface area contributed by atoms with Crippen LogP contribution in [-0.4, -0.2) is 43.8 Å². The molecule has 0 spiro atoms. The molecule has 0 radical (unpaired) electrons. The Balaban J connectivity index is 1.18. The molecule has 1 aliphatic rings. The van der Waals surface area contributed by atoms with Gasteiger partial charge in [0.15, 0.2) is 11.5 Å². The van der Waals surface area contributed by atoms with Crippen molar-refractivity contribution in [3.63, 3.8) is 0 Å². The fraction of sp³-hybridized carbons (Fsp3) is 0.250. The Kier molecular flexibility index (Phi) is 5.65. The van der Waals surface area contributed by atoms with Crippen LogP contribution in [0.4, 0.5) is 0 Å². The quantitative estimate of drug-likeness (QED) is 0.463. The Hall–Kier alpha value is -3.94. The summed E-state index contributed by atoms with van der Waals surface area (Å²) in [5, 5.41) is 8.08. The zero-order chi connectivity index (χ0) is 21.8. The highest BCUT2D eigenvalue weighted by atomic mass is 16.5. The molecule has 5 rings (SSSR count). The van der Waals surface area contributed by atoms with Gasteiger partial charge < -0.3 is 14.2 Å². The Morgan fingerprint density at radius 3 is 2.75 bits per heavy atom. The van der Waals surface area contributed by atoms with Crippen LogP contribution in [0.2, 0.25) is 0 Å². The first-order chi connectivity index (χ1) is 15.8. The predicted molar refractivity (Wildman–Crippen MR) is 117 cm³/mol. The molecule has 1 unspecified atom stereocenters. The van der Waals surface area contributed by atoms with Gasteiger partial charge in [0.05, 0.1) is 5.69 Å². The fourth-order valence-electron chi connectivity index (χ4n) is 3.99. The summed E-state index contributed by atoms with van der Waals surface area (Å²) in [5.74, 6) is 1.44. The molecule has 2 aromatic heterocycles. The summed E-state index contributed by atoms with van der Waals surface area (Å²) in [6, 6.07) is 19.5. The van der Waals surface area contributed by atoms with E-state index in [1.54, 1.807) is 17.1 Å². The van der Waals surface area contributed by atoms with Gasteiger partial charge in [-0.1, -0.05) is 35.5 Å². The molecule has 32 heavy (non-hydrogen) atoms. The maximum atomic E-state index is 13.0. The molecule has 1 saturated heterocycles. The maximum Gasteiger partial charge on any atom is 0.276 e. The predicted octanol–water partition coefficient (Wildman–Crippen LogP) is 3.85. The average Bonchev–Trinajstić information content (AvgIpc) is 3.56. The lowest BCUT2D eigenvalue weighted by Crippen LogP contribution is -2.39. The van der Waals surface area contributed by atoms with Crippen molar-refractivity contribution in [2.24, 2.45) is 0 Å². The van der Waals surface area contributed by atoms with Crippen LogP contribution in [0.5, 0.6) is 5.75 Å². The minimum absolute atomic E-state index is 0.0992. The molecule has 8 heteroatoms. The average molecular weight is 429 g/mol. The highest BCUT2D eigenvalue weighted by Crippen LogP contribution is 2.27. The Bertz CT molecular complexity index is 1160. The summed E-state index contributed by atoms with van der Waals surface area (Å²) in [5.41, 5.74) is 2.48. The molecule has 1 fully saturated rings. The molecule has 0 aliphatic carbocycles. The number of nitrogens with zero attached hydrogens (tertiary/aromatic N) is 5.